The summed E-state index contributed by atoms with van der Waals surface area (Å²) >= 11 is 0. The van der Waals surface area contributed by atoms with Crippen LogP contribution in [0.4, 0.5) is 5.95 Å². The van der Waals surface area contributed by atoms with Crippen LogP contribution in [0.15, 0.2) is 36.7 Å². The largest absolute Gasteiger partial charge is 0.350 e. The minimum absolute atomic E-state index is 0.0438. The number of nitrogens with one attached hydrogen (secondary N) is 1. The van der Waals surface area contributed by atoms with Gasteiger partial charge in [0, 0.05) is 32.0 Å². The zero-order valence-electron chi connectivity index (χ0n) is 14.2. The molecule has 1 N–H and O–H groups in total. The SMILES string of the molecule is Cc1ccccc1CNc1ncc(C(=O)N2CCCCCC2)cn1. The summed E-state index contributed by atoms with van der Waals surface area (Å²) in [6, 6.07) is 8.22. The Morgan fingerprint density at radius 2 is 1.75 bits per heavy atom. The second kappa shape index (κ2) is 7.90. The van der Waals surface area contributed by atoms with E-state index in [-0.39, 0.29) is 5.91 Å². The van der Waals surface area contributed by atoms with Gasteiger partial charge in [-0.3, -0.25) is 4.79 Å². The average Bonchev–Trinajstić information content (AvgIpc) is 2.90. The molecule has 5 heteroatoms. The van der Waals surface area contributed by atoms with Gasteiger partial charge in [0.25, 0.3) is 5.91 Å². The summed E-state index contributed by atoms with van der Waals surface area (Å²) in [4.78, 5) is 23.0. The van der Waals surface area contributed by atoms with Crippen LogP contribution in [0, 0.1) is 6.92 Å². The molecule has 5 nitrogen and oxygen atoms in total. The van der Waals surface area contributed by atoms with Crippen LogP contribution in [0.25, 0.3) is 0 Å². The molecule has 24 heavy (non-hydrogen) atoms. The molecular weight excluding hydrogens is 300 g/mol. The number of rotatable bonds is 4. The highest BCUT2D eigenvalue weighted by Crippen LogP contribution is 2.13. The molecule has 0 atom stereocenters. The van der Waals surface area contributed by atoms with Crippen LogP contribution in [-0.2, 0) is 6.54 Å². The van der Waals surface area contributed by atoms with Gasteiger partial charge in [-0.1, -0.05) is 37.1 Å². The second-order valence-electron chi connectivity index (χ2n) is 6.28. The topological polar surface area (TPSA) is 58.1 Å². The van der Waals surface area contributed by atoms with Crippen LogP contribution < -0.4 is 5.32 Å². The van der Waals surface area contributed by atoms with Gasteiger partial charge in [0.05, 0.1) is 5.56 Å². The molecule has 0 aliphatic carbocycles. The van der Waals surface area contributed by atoms with Gasteiger partial charge in [0.15, 0.2) is 0 Å². The minimum atomic E-state index is 0.0438. The number of nitrogens with zero attached hydrogens (tertiary/aromatic N) is 3. The van der Waals surface area contributed by atoms with Crippen molar-refractivity contribution in [1.29, 1.82) is 0 Å². The van der Waals surface area contributed by atoms with E-state index in [0.29, 0.717) is 18.1 Å². The van der Waals surface area contributed by atoms with Gasteiger partial charge in [-0.2, -0.15) is 0 Å². The van der Waals surface area contributed by atoms with E-state index in [9.17, 15) is 4.79 Å². The Balaban J connectivity index is 1.60. The molecule has 126 valence electrons. The van der Waals surface area contributed by atoms with Gasteiger partial charge in [-0.25, -0.2) is 9.97 Å². The Morgan fingerprint density at radius 3 is 2.42 bits per heavy atom. The lowest BCUT2D eigenvalue weighted by Crippen LogP contribution is -2.32. The van der Waals surface area contributed by atoms with E-state index in [1.165, 1.54) is 24.0 Å². The molecule has 2 heterocycles. The zero-order valence-corrected chi connectivity index (χ0v) is 14.2. The van der Waals surface area contributed by atoms with Crippen molar-refractivity contribution >= 4 is 11.9 Å². The number of hydrogen-bond acceptors (Lipinski definition) is 4. The summed E-state index contributed by atoms with van der Waals surface area (Å²) in [5.41, 5.74) is 3.02. The van der Waals surface area contributed by atoms with Crippen molar-refractivity contribution in [1.82, 2.24) is 14.9 Å². The normalized spacial score (nSPS) is 15.0. The Morgan fingerprint density at radius 1 is 1.08 bits per heavy atom. The first-order chi connectivity index (χ1) is 11.7. The maximum atomic E-state index is 12.5. The Labute approximate surface area is 143 Å². The number of aryl methyl sites for hydroxylation is 1. The van der Waals surface area contributed by atoms with Crippen LogP contribution in [0.3, 0.4) is 0 Å². The summed E-state index contributed by atoms with van der Waals surface area (Å²) in [7, 11) is 0. The number of amides is 1. The predicted octanol–water partition coefficient (Wildman–Crippen LogP) is 3.41. The van der Waals surface area contributed by atoms with E-state index < -0.39 is 0 Å². The molecule has 0 saturated carbocycles. The van der Waals surface area contributed by atoms with Crippen molar-refractivity contribution in [2.24, 2.45) is 0 Å². The van der Waals surface area contributed by atoms with Crippen LogP contribution in [-0.4, -0.2) is 33.9 Å². The quantitative estimate of drug-likeness (QED) is 0.936. The number of benzene rings is 1. The van der Waals surface area contributed by atoms with Gasteiger partial charge in [-0.15, -0.1) is 0 Å². The third-order valence-electron chi connectivity index (χ3n) is 4.49. The number of carbonyl (C=O) groups excluding carboxylic acids is 1. The second-order valence-corrected chi connectivity index (χ2v) is 6.28. The van der Waals surface area contributed by atoms with Crippen molar-refractivity contribution in [2.75, 3.05) is 18.4 Å². The molecule has 1 aliphatic heterocycles. The monoisotopic (exact) mass is 324 g/mol. The van der Waals surface area contributed by atoms with Gasteiger partial charge >= 0.3 is 0 Å². The van der Waals surface area contributed by atoms with Crippen LogP contribution in [0.1, 0.15) is 47.2 Å². The summed E-state index contributed by atoms with van der Waals surface area (Å²) in [5, 5.41) is 3.21. The Hall–Kier alpha value is -2.43. The van der Waals surface area contributed by atoms with E-state index in [2.05, 4.69) is 34.3 Å². The van der Waals surface area contributed by atoms with E-state index in [4.69, 9.17) is 0 Å². The van der Waals surface area contributed by atoms with Gasteiger partial charge in [0.1, 0.15) is 0 Å². The third-order valence-corrected chi connectivity index (χ3v) is 4.49. The van der Waals surface area contributed by atoms with Crippen molar-refractivity contribution in [2.45, 2.75) is 39.2 Å². The molecule has 0 unspecified atom stereocenters. The molecule has 1 aromatic carbocycles. The highest BCUT2D eigenvalue weighted by atomic mass is 16.2. The fourth-order valence-electron chi connectivity index (χ4n) is 2.97. The molecular formula is C19H24N4O. The number of anilines is 1. The molecule has 0 spiro atoms. The van der Waals surface area contributed by atoms with Crippen LogP contribution in [0.5, 0.6) is 0 Å². The summed E-state index contributed by atoms with van der Waals surface area (Å²) in [5.74, 6) is 0.591. The molecule has 1 aliphatic rings. The molecule has 0 radical (unpaired) electrons. The molecule has 1 fully saturated rings. The number of likely N-dealkylation sites (tertiary alicyclic amines) is 1. The summed E-state index contributed by atoms with van der Waals surface area (Å²) in [6.45, 7) is 4.44. The smallest absolute Gasteiger partial charge is 0.256 e. The Bertz CT molecular complexity index is 676. The van der Waals surface area contributed by atoms with Gasteiger partial charge < -0.3 is 10.2 Å². The molecule has 3 rings (SSSR count). The average molecular weight is 324 g/mol. The lowest BCUT2D eigenvalue weighted by molar-refractivity contribution is 0.0761. The lowest BCUT2D eigenvalue weighted by Gasteiger charge is -2.19. The highest BCUT2D eigenvalue weighted by Gasteiger charge is 2.17. The standard InChI is InChI=1S/C19H24N4O/c1-15-8-4-5-9-16(15)12-20-19-21-13-17(14-22-19)18(24)23-10-6-2-3-7-11-23/h4-5,8-9,13-14H,2-3,6-7,10-12H2,1H3,(H,20,21,22). The highest BCUT2D eigenvalue weighted by molar-refractivity contribution is 5.93. The maximum Gasteiger partial charge on any atom is 0.256 e. The fourth-order valence-corrected chi connectivity index (χ4v) is 2.97. The number of aromatic nitrogens is 2. The van der Waals surface area contributed by atoms with Gasteiger partial charge in [0.2, 0.25) is 5.95 Å². The van der Waals surface area contributed by atoms with Crippen LogP contribution >= 0.6 is 0 Å². The summed E-state index contributed by atoms with van der Waals surface area (Å²) < 4.78 is 0. The molecule has 1 saturated heterocycles. The molecule has 1 amide bonds. The number of hydrogen-bond donors (Lipinski definition) is 1. The number of carbonyl (C=O) groups is 1. The van der Waals surface area contributed by atoms with Crippen molar-refractivity contribution in [3.05, 3.63) is 53.3 Å². The van der Waals surface area contributed by atoms with E-state index in [0.717, 1.165) is 25.9 Å². The molecule has 2 aromatic rings. The first-order valence-electron chi connectivity index (χ1n) is 8.64. The first kappa shape index (κ1) is 16.4. The van der Waals surface area contributed by atoms with Crippen LogP contribution in [0.2, 0.25) is 0 Å². The third kappa shape index (κ3) is 4.10. The maximum absolute atomic E-state index is 12.5. The van der Waals surface area contributed by atoms with E-state index in [1.54, 1.807) is 12.4 Å². The van der Waals surface area contributed by atoms with E-state index >= 15 is 0 Å². The molecule has 1 aromatic heterocycles. The van der Waals surface area contributed by atoms with Crippen molar-refractivity contribution < 1.29 is 4.79 Å². The first-order valence-corrected chi connectivity index (χ1v) is 8.64. The summed E-state index contributed by atoms with van der Waals surface area (Å²) in [6.07, 6.45) is 7.84. The minimum Gasteiger partial charge on any atom is -0.350 e. The molecule has 0 bridgehead atoms. The van der Waals surface area contributed by atoms with Crippen molar-refractivity contribution in [3.8, 4) is 0 Å². The lowest BCUT2D eigenvalue weighted by atomic mass is 10.1. The van der Waals surface area contributed by atoms with E-state index in [1.807, 2.05) is 17.0 Å². The zero-order chi connectivity index (χ0) is 16.8. The predicted molar refractivity (Wildman–Crippen MR) is 94.9 cm³/mol. The van der Waals surface area contributed by atoms with Crippen molar-refractivity contribution in [3.63, 3.8) is 0 Å². The van der Waals surface area contributed by atoms with Gasteiger partial charge in [-0.05, 0) is 30.9 Å². The Kier molecular flexibility index (Phi) is 5.41. The fraction of sp³-hybridized carbons (Fsp3) is 0.421.